The molecule has 0 aliphatic rings. The number of methoxy groups -OCH3 is 1. The van der Waals surface area contributed by atoms with Gasteiger partial charge in [-0.15, -0.1) is 0 Å². The van der Waals surface area contributed by atoms with Crippen molar-refractivity contribution in [3.8, 4) is 0 Å². The predicted octanol–water partition coefficient (Wildman–Crippen LogP) is 2.13. The zero-order chi connectivity index (χ0) is 13.9. The van der Waals surface area contributed by atoms with Gasteiger partial charge in [-0.3, -0.25) is 4.79 Å². The number of alkyl halides is 3. The van der Waals surface area contributed by atoms with Crippen LogP contribution in [0.25, 0.3) is 0 Å². The molecule has 0 atom stereocenters. The minimum absolute atomic E-state index is 0.112. The van der Waals surface area contributed by atoms with Crippen LogP contribution in [0.3, 0.4) is 0 Å². The largest absolute Gasteiger partial charge is 0.463 e. The summed E-state index contributed by atoms with van der Waals surface area (Å²) < 4.78 is 54.2. The fourth-order valence-electron chi connectivity index (χ4n) is 1.27. The molecule has 18 heavy (non-hydrogen) atoms. The summed E-state index contributed by atoms with van der Waals surface area (Å²) in [5, 5.41) is 0. The molecule has 0 radical (unpaired) electrons. The van der Waals surface area contributed by atoms with Gasteiger partial charge in [0.1, 0.15) is 5.82 Å². The summed E-state index contributed by atoms with van der Waals surface area (Å²) in [7, 11) is 0.978. The van der Waals surface area contributed by atoms with Crippen LogP contribution < -0.4 is 0 Å². The lowest BCUT2D eigenvalue weighted by molar-refractivity contribution is -0.151. The standard InChI is InChI=1S/C11H8F4O3/c1-18-10(17)9(16)5-6-2-3-8(12)7(4-6)11(13,14)15/h2-4H,5H2,1H3. The number of hydrogen-bond donors (Lipinski definition) is 0. The highest BCUT2D eigenvalue weighted by atomic mass is 19.4. The smallest absolute Gasteiger partial charge is 0.419 e. The average molecular weight is 264 g/mol. The molecular formula is C11H8F4O3. The molecule has 0 spiro atoms. The van der Waals surface area contributed by atoms with E-state index in [9.17, 15) is 27.2 Å². The van der Waals surface area contributed by atoms with E-state index in [-0.39, 0.29) is 5.56 Å². The molecule has 7 heteroatoms. The number of esters is 1. The first-order valence-electron chi connectivity index (χ1n) is 4.72. The fraction of sp³-hybridized carbons (Fsp3) is 0.273. The van der Waals surface area contributed by atoms with E-state index >= 15 is 0 Å². The Kier molecular flexibility index (Phi) is 4.05. The van der Waals surface area contributed by atoms with Gasteiger partial charge in [0.05, 0.1) is 12.7 Å². The average Bonchev–Trinajstić information content (AvgIpc) is 2.29. The van der Waals surface area contributed by atoms with Crippen LogP contribution in [-0.4, -0.2) is 18.9 Å². The van der Waals surface area contributed by atoms with Crippen molar-refractivity contribution in [3.63, 3.8) is 0 Å². The van der Waals surface area contributed by atoms with Crippen LogP contribution in [0.5, 0.6) is 0 Å². The van der Waals surface area contributed by atoms with Crippen molar-refractivity contribution in [1.82, 2.24) is 0 Å². The Morgan fingerprint density at radius 2 is 1.89 bits per heavy atom. The van der Waals surface area contributed by atoms with Gasteiger partial charge in [-0.2, -0.15) is 13.2 Å². The minimum Gasteiger partial charge on any atom is -0.463 e. The second kappa shape index (κ2) is 5.16. The van der Waals surface area contributed by atoms with Crippen molar-refractivity contribution in [2.24, 2.45) is 0 Å². The van der Waals surface area contributed by atoms with Crippen LogP contribution in [0.15, 0.2) is 18.2 Å². The van der Waals surface area contributed by atoms with Gasteiger partial charge >= 0.3 is 12.1 Å². The second-order valence-electron chi connectivity index (χ2n) is 3.40. The lowest BCUT2D eigenvalue weighted by Crippen LogP contribution is -2.18. The lowest BCUT2D eigenvalue weighted by Gasteiger charge is -2.09. The number of hydrogen-bond acceptors (Lipinski definition) is 3. The van der Waals surface area contributed by atoms with Gasteiger partial charge in [0.25, 0.3) is 0 Å². The molecule has 0 amide bonds. The second-order valence-corrected chi connectivity index (χ2v) is 3.40. The highest BCUT2D eigenvalue weighted by Crippen LogP contribution is 2.31. The quantitative estimate of drug-likeness (QED) is 0.477. The maximum Gasteiger partial charge on any atom is 0.419 e. The topological polar surface area (TPSA) is 43.4 Å². The van der Waals surface area contributed by atoms with Gasteiger partial charge in [0.2, 0.25) is 5.78 Å². The first-order chi connectivity index (χ1) is 8.25. The Bertz CT molecular complexity index is 480. The maximum atomic E-state index is 12.9. The number of rotatable bonds is 3. The van der Waals surface area contributed by atoms with E-state index in [0.717, 1.165) is 13.2 Å². The number of benzene rings is 1. The van der Waals surface area contributed by atoms with E-state index in [1.807, 2.05) is 0 Å². The van der Waals surface area contributed by atoms with Crippen LogP contribution in [0.4, 0.5) is 17.6 Å². The molecule has 98 valence electrons. The van der Waals surface area contributed by atoms with Crippen molar-refractivity contribution < 1.29 is 31.9 Å². The number of Topliss-reactive ketones (excluding diaryl/α,β-unsaturated/α-hetero) is 1. The molecule has 1 aromatic rings. The van der Waals surface area contributed by atoms with Gasteiger partial charge in [0.15, 0.2) is 0 Å². The van der Waals surface area contributed by atoms with E-state index in [1.165, 1.54) is 0 Å². The molecule has 0 unspecified atom stereocenters. The van der Waals surface area contributed by atoms with Crippen LogP contribution in [0.2, 0.25) is 0 Å². The molecular weight excluding hydrogens is 256 g/mol. The van der Waals surface area contributed by atoms with Crippen molar-refractivity contribution >= 4 is 11.8 Å². The molecule has 0 aliphatic heterocycles. The third-order valence-corrected chi connectivity index (χ3v) is 2.11. The summed E-state index contributed by atoms with van der Waals surface area (Å²) in [6.45, 7) is 0. The predicted molar refractivity (Wildman–Crippen MR) is 52.1 cm³/mol. The van der Waals surface area contributed by atoms with E-state index in [0.29, 0.717) is 12.1 Å². The molecule has 0 N–H and O–H groups in total. The molecule has 0 heterocycles. The summed E-state index contributed by atoms with van der Waals surface area (Å²) in [6, 6.07) is 2.10. The number of halogens is 4. The van der Waals surface area contributed by atoms with Gasteiger partial charge < -0.3 is 4.74 Å². The lowest BCUT2D eigenvalue weighted by atomic mass is 10.0. The van der Waals surface area contributed by atoms with Gasteiger partial charge in [-0.05, 0) is 17.7 Å². The zero-order valence-electron chi connectivity index (χ0n) is 9.18. The third kappa shape index (κ3) is 3.28. The summed E-state index contributed by atoms with van der Waals surface area (Å²) in [5.41, 5.74) is -1.59. The molecule has 0 saturated carbocycles. The number of carbonyl (C=O) groups is 2. The first kappa shape index (κ1) is 14.1. The molecule has 0 aromatic heterocycles. The summed E-state index contributed by atoms with van der Waals surface area (Å²) >= 11 is 0. The van der Waals surface area contributed by atoms with Gasteiger partial charge in [0, 0.05) is 6.42 Å². The van der Waals surface area contributed by atoms with Crippen LogP contribution in [0.1, 0.15) is 11.1 Å². The van der Waals surface area contributed by atoms with Crippen LogP contribution >= 0.6 is 0 Å². The molecule has 3 nitrogen and oxygen atoms in total. The van der Waals surface area contributed by atoms with Crippen molar-refractivity contribution in [2.45, 2.75) is 12.6 Å². The van der Waals surface area contributed by atoms with E-state index in [1.54, 1.807) is 0 Å². The molecule has 1 aromatic carbocycles. The Labute approximate surface area is 99.4 Å². The van der Waals surface area contributed by atoms with Crippen molar-refractivity contribution in [2.75, 3.05) is 7.11 Å². The molecule has 0 fully saturated rings. The number of ether oxygens (including phenoxy) is 1. The molecule has 1 rings (SSSR count). The van der Waals surface area contributed by atoms with Crippen molar-refractivity contribution in [3.05, 3.63) is 35.1 Å². The first-order valence-corrected chi connectivity index (χ1v) is 4.72. The molecule has 0 saturated heterocycles. The van der Waals surface area contributed by atoms with E-state index in [2.05, 4.69) is 4.74 Å². The third-order valence-electron chi connectivity index (χ3n) is 2.11. The van der Waals surface area contributed by atoms with Crippen molar-refractivity contribution in [1.29, 1.82) is 0 Å². The highest BCUT2D eigenvalue weighted by molar-refractivity contribution is 6.34. The summed E-state index contributed by atoms with van der Waals surface area (Å²) in [6.07, 6.45) is -5.43. The number of ketones is 1. The normalized spacial score (nSPS) is 11.2. The van der Waals surface area contributed by atoms with Gasteiger partial charge in [-0.25, -0.2) is 9.18 Å². The Balaban J connectivity index is 3.00. The summed E-state index contributed by atoms with van der Waals surface area (Å²) in [5.74, 6) is -3.60. The Morgan fingerprint density at radius 3 is 2.39 bits per heavy atom. The number of carbonyl (C=O) groups excluding carboxylic acids is 2. The molecule has 0 aliphatic carbocycles. The minimum atomic E-state index is -4.85. The maximum absolute atomic E-state index is 12.9. The van der Waals surface area contributed by atoms with E-state index in [4.69, 9.17) is 0 Å². The van der Waals surface area contributed by atoms with Gasteiger partial charge in [-0.1, -0.05) is 6.07 Å². The van der Waals surface area contributed by atoms with E-state index < -0.39 is 35.7 Å². The monoisotopic (exact) mass is 264 g/mol. The van der Waals surface area contributed by atoms with Crippen LogP contribution in [0, 0.1) is 5.82 Å². The fourth-order valence-corrected chi connectivity index (χ4v) is 1.27. The highest BCUT2D eigenvalue weighted by Gasteiger charge is 2.34. The Hall–Kier alpha value is -1.92. The van der Waals surface area contributed by atoms with Crippen LogP contribution in [-0.2, 0) is 26.9 Å². The zero-order valence-corrected chi connectivity index (χ0v) is 9.18. The Morgan fingerprint density at radius 1 is 1.28 bits per heavy atom. The summed E-state index contributed by atoms with van der Waals surface area (Å²) in [4.78, 5) is 21.9. The molecule has 0 bridgehead atoms. The SMILES string of the molecule is COC(=O)C(=O)Cc1ccc(F)c(C(F)(F)F)c1.